The maximum atomic E-state index is 13.7. The number of amides is 2. The number of pyridine rings is 1. The highest BCUT2D eigenvalue weighted by molar-refractivity contribution is 5.91. The molecule has 3 rings (SSSR count). The smallest absolute Gasteiger partial charge is 0.322 e. The number of hydrogen-bond donors (Lipinski definition) is 2. The van der Waals surface area contributed by atoms with Crippen LogP contribution in [0.25, 0.3) is 10.8 Å². The van der Waals surface area contributed by atoms with Gasteiger partial charge in [-0.25, -0.2) is 18.0 Å². The molecule has 3 aromatic rings. The van der Waals surface area contributed by atoms with Crippen molar-refractivity contribution in [2.45, 2.75) is 13.0 Å². The quantitative estimate of drug-likeness (QED) is 0.695. The van der Waals surface area contributed by atoms with Crippen LogP contribution in [0.4, 0.5) is 23.7 Å². The van der Waals surface area contributed by atoms with E-state index in [2.05, 4.69) is 10.3 Å². The van der Waals surface area contributed by atoms with Crippen LogP contribution in [-0.4, -0.2) is 23.0 Å². The Hall–Kier alpha value is -3.80. The molecule has 0 saturated heterocycles. The zero-order chi connectivity index (χ0) is 21.3. The molecule has 6 nitrogen and oxygen atoms in total. The number of fused-ring (bicyclic) bond motifs is 1. The minimum Gasteiger partial charge on any atom is -0.328 e. The Morgan fingerprint density at radius 1 is 1.14 bits per heavy atom. The molecule has 2 N–H and O–H groups in total. The molecular formula is C20H15F3N4O2. The van der Waals surface area contributed by atoms with Gasteiger partial charge in [0, 0.05) is 18.9 Å². The molecule has 1 unspecified atom stereocenters. The number of rotatable bonds is 3. The summed E-state index contributed by atoms with van der Waals surface area (Å²) in [6, 6.07) is 5.73. The molecule has 2 aromatic carbocycles. The number of H-pyrrole nitrogens is 1. The van der Waals surface area contributed by atoms with Crippen molar-refractivity contribution in [3.8, 4) is 6.07 Å². The van der Waals surface area contributed by atoms with E-state index in [1.54, 1.807) is 13.0 Å². The van der Waals surface area contributed by atoms with Gasteiger partial charge in [-0.1, -0.05) is 0 Å². The third kappa shape index (κ3) is 3.78. The number of nitrogens with zero attached hydrogens (tertiary/aromatic N) is 2. The van der Waals surface area contributed by atoms with E-state index in [1.165, 1.54) is 30.3 Å². The molecule has 29 heavy (non-hydrogen) atoms. The number of carbonyl (C=O) groups is 1. The van der Waals surface area contributed by atoms with Crippen LogP contribution >= 0.6 is 0 Å². The van der Waals surface area contributed by atoms with Crippen molar-refractivity contribution in [1.29, 1.82) is 5.26 Å². The molecule has 148 valence electrons. The molecule has 1 heterocycles. The van der Waals surface area contributed by atoms with Gasteiger partial charge in [0.15, 0.2) is 11.6 Å². The van der Waals surface area contributed by atoms with E-state index in [4.69, 9.17) is 5.26 Å². The fraction of sp³-hybridized carbons (Fsp3) is 0.150. The lowest BCUT2D eigenvalue weighted by Crippen LogP contribution is -2.34. The monoisotopic (exact) mass is 400 g/mol. The Morgan fingerprint density at radius 2 is 1.79 bits per heavy atom. The highest BCUT2D eigenvalue weighted by Crippen LogP contribution is 2.27. The fourth-order valence-electron chi connectivity index (χ4n) is 2.90. The first-order chi connectivity index (χ1) is 13.7. The summed E-state index contributed by atoms with van der Waals surface area (Å²) in [5.41, 5.74) is -0.195. The number of aromatic nitrogens is 1. The Bertz CT molecular complexity index is 1220. The second kappa shape index (κ2) is 7.67. The summed E-state index contributed by atoms with van der Waals surface area (Å²) >= 11 is 0. The van der Waals surface area contributed by atoms with Crippen LogP contribution in [0.3, 0.4) is 0 Å². The van der Waals surface area contributed by atoms with E-state index in [-0.39, 0.29) is 22.0 Å². The molecular weight excluding hydrogens is 385 g/mol. The summed E-state index contributed by atoms with van der Waals surface area (Å²) < 4.78 is 40.7. The van der Waals surface area contributed by atoms with Gasteiger partial charge in [0.25, 0.3) is 5.56 Å². The number of halogens is 3. The van der Waals surface area contributed by atoms with Gasteiger partial charge in [0.1, 0.15) is 11.9 Å². The third-order valence-corrected chi connectivity index (χ3v) is 4.66. The summed E-state index contributed by atoms with van der Waals surface area (Å²) in [5, 5.41) is 11.6. The Labute approximate surface area is 163 Å². The van der Waals surface area contributed by atoms with Gasteiger partial charge >= 0.3 is 6.03 Å². The van der Waals surface area contributed by atoms with E-state index in [0.717, 1.165) is 18.2 Å². The minimum atomic E-state index is -1.15. The van der Waals surface area contributed by atoms with Crippen molar-refractivity contribution in [3.63, 3.8) is 0 Å². The first kappa shape index (κ1) is 19.9. The van der Waals surface area contributed by atoms with E-state index < -0.39 is 35.1 Å². The van der Waals surface area contributed by atoms with Gasteiger partial charge in [-0.15, -0.1) is 0 Å². The molecule has 0 saturated carbocycles. The number of nitriles is 1. The molecule has 0 fully saturated rings. The van der Waals surface area contributed by atoms with Crippen molar-refractivity contribution in [3.05, 3.63) is 75.5 Å². The summed E-state index contributed by atoms with van der Waals surface area (Å²) in [4.78, 5) is 28.2. The van der Waals surface area contributed by atoms with Crippen molar-refractivity contribution < 1.29 is 18.0 Å². The predicted molar refractivity (Wildman–Crippen MR) is 101 cm³/mol. The predicted octanol–water partition coefficient (Wildman–Crippen LogP) is 4.04. The van der Waals surface area contributed by atoms with Crippen LogP contribution in [0, 0.1) is 28.8 Å². The first-order valence-electron chi connectivity index (χ1n) is 8.46. The first-order valence-corrected chi connectivity index (χ1v) is 8.46. The highest BCUT2D eigenvalue weighted by Gasteiger charge is 2.21. The van der Waals surface area contributed by atoms with Crippen LogP contribution in [-0.2, 0) is 0 Å². The Morgan fingerprint density at radius 3 is 2.45 bits per heavy atom. The SMILES string of the molecule is CC(c1c[nH]c(=O)c2cc(F)c(F)cc12)N(C)C(=O)Nc1ccc(F)c(C#N)c1. The van der Waals surface area contributed by atoms with Crippen molar-refractivity contribution >= 4 is 22.5 Å². The van der Waals surface area contributed by atoms with E-state index in [9.17, 15) is 22.8 Å². The molecule has 0 spiro atoms. The average molecular weight is 400 g/mol. The minimum absolute atomic E-state index is 0.0424. The van der Waals surface area contributed by atoms with Gasteiger partial charge in [-0.3, -0.25) is 4.79 Å². The fourth-order valence-corrected chi connectivity index (χ4v) is 2.90. The molecule has 1 atom stereocenters. The maximum Gasteiger partial charge on any atom is 0.322 e. The lowest BCUT2D eigenvalue weighted by Gasteiger charge is -2.26. The summed E-state index contributed by atoms with van der Waals surface area (Å²) in [6.45, 7) is 1.64. The van der Waals surface area contributed by atoms with Gasteiger partial charge < -0.3 is 15.2 Å². The summed E-state index contributed by atoms with van der Waals surface area (Å²) in [6.07, 6.45) is 1.34. The van der Waals surface area contributed by atoms with Crippen molar-refractivity contribution in [2.75, 3.05) is 12.4 Å². The van der Waals surface area contributed by atoms with Crippen LogP contribution in [0.5, 0.6) is 0 Å². The lowest BCUT2D eigenvalue weighted by molar-refractivity contribution is 0.208. The average Bonchev–Trinajstić information content (AvgIpc) is 2.70. The number of hydrogen-bond acceptors (Lipinski definition) is 3. The van der Waals surface area contributed by atoms with Crippen molar-refractivity contribution in [1.82, 2.24) is 9.88 Å². The van der Waals surface area contributed by atoms with E-state index >= 15 is 0 Å². The summed E-state index contributed by atoms with van der Waals surface area (Å²) in [7, 11) is 1.46. The number of aromatic amines is 1. The van der Waals surface area contributed by atoms with E-state index in [0.29, 0.717) is 5.56 Å². The number of anilines is 1. The zero-order valence-electron chi connectivity index (χ0n) is 15.4. The molecule has 9 heteroatoms. The van der Waals surface area contributed by atoms with Gasteiger partial charge in [0.05, 0.1) is 17.0 Å². The van der Waals surface area contributed by atoms with Crippen LogP contribution in [0.1, 0.15) is 24.1 Å². The third-order valence-electron chi connectivity index (χ3n) is 4.66. The number of carbonyl (C=O) groups excluding carboxylic acids is 1. The Kier molecular flexibility index (Phi) is 5.28. The standard InChI is InChI=1S/C20H15F3N4O2/c1-10(15-9-25-19(28)14-7-18(23)17(22)6-13(14)15)27(2)20(29)26-12-3-4-16(21)11(5-12)8-24/h3-7,9-10H,1-2H3,(H,25,28)(H,26,29). The largest absolute Gasteiger partial charge is 0.328 e. The molecule has 0 aliphatic heterocycles. The number of urea groups is 1. The van der Waals surface area contributed by atoms with Crippen LogP contribution in [0.2, 0.25) is 0 Å². The van der Waals surface area contributed by atoms with Gasteiger partial charge in [-0.05, 0) is 48.2 Å². The molecule has 0 aliphatic carbocycles. The summed E-state index contributed by atoms with van der Waals surface area (Å²) in [5.74, 6) is -2.97. The topological polar surface area (TPSA) is 89.0 Å². The molecule has 0 bridgehead atoms. The lowest BCUT2D eigenvalue weighted by atomic mass is 10.0. The van der Waals surface area contributed by atoms with Crippen molar-refractivity contribution in [2.24, 2.45) is 0 Å². The zero-order valence-corrected chi connectivity index (χ0v) is 15.4. The normalized spacial score (nSPS) is 11.7. The second-order valence-corrected chi connectivity index (χ2v) is 6.41. The highest BCUT2D eigenvalue weighted by atomic mass is 19.2. The molecule has 0 radical (unpaired) electrons. The maximum absolute atomic E-state index is 13.7. The molecule has 2 amide bonds. The van der Waals surface area contributed by atoms with Gasteiger partial charge in [-0.2, -0.15) is 5.26 Å². The van der Waals surface area contributed by atoms with Crippen LogP contribution in [0.15, 0.2) is 41.3 Å². The van der Waals surface area contributed by atoms with E-state index in [1.807, 2.05) is 0 Å². The van der Waals surface area contributed by atoms with Gasteiger partial charge in [0.2, 0.25) is 0 Å². The number of nitrogens with one attached hydrogen (secondary N) is 2. The number of benzene rings is 2. The molecule has 0 aliphatic rings. The second-order valence-electron chi connectivity index (χ2n) is 6.41. The molecule has 1 aromatic heterocycles. The Balaban J connectivity index is 1.92. The van der Waals surface area contributed by atoms with Crippen LogP contribution < -0.4 is 10.9 Å².